The van der Waals surface area contributed by atoms with E-state index in [0.29, 0.717) is 40.5 Å². The van der Waals surface area contributed by atoms with E-state index in [-0.39, 0.29) is 17.8 Å². The number of ether oxygens (including phenoxy) is 1. The number of nitrogens with one attached hydrogen (secondary N) is 1. The van der Waals surface area contributed by atoms with Crippen LogP contribution in [-0.2, 0) is 12.0 Å². The molecule has 0 fully saturated rings. The van der Waals surface area contributed by atoms with Gasteiger partial charge in [0, 0.05) is 23.0 Å². The second kappa shape index (κ2) is 8.97. The van der Waals surface area contributed by atoms with Gasteiger partial charge in [-0.2, -0.15) is 9.97 Å². The number of aromatic nitrogens is 4. The molecule has 0 aliphatic carbocycles. The predicted octanol–water partition coefficient (Wildman–Crippen LogP) is 5.90. The van der Waals surface area contributed by atoms with E-state index in [9.17, 15) is 4.39 Å². The van der Waals surface area contributed by atoms with Crippen LogP contribution in [0.2, 0.25) is 0 Å². The molecule has 0 spiro atoms. The van der Waals surface area contributed by atoms with E-state index < -0.39 is 0 Å². The minimum Gasteiger partial charge on any atom is -0.467 e. The number of aryl methyl sites for hydroxylation is 2. The maximum absolute atomic E-state index is 13.5. The van der Waals surface area contributed by atoms with E-state index >= 15 is 0 Å². The molecule has 7 nitrogen and oxygen atoms in total. The van der Waals surface area contributed by atoms with Crippen molar-refractivity contribution < 1.29 is 13.7 Å². The highest BCUT2D eigenvalue weighted by Crippen LogP contribution is 2.25. The first kappa shape index (κ1) is 22.4. The lowest BCUT2D eigenvalue weighted by Gasteiger charge is -2.18. The summed E-state index contributed by atoms with van der Waals surface area (Å²) in [5.41, 5.74) is 4.11. The van der Waals surface area contributed by atoms with E-state index in [1.807, 2.05) is 19.1 Å². The Morgan fingerprint density at radius 3 is 2.42 bits per heavy atom. The number of nitrogens with zero attached hydrogens (tertiary/aromatic N) is 4. The Bertz CT molecular complexity index is 1260. The standard InChI is InChI=1S/C25H26FN5O2/c1-15-12-19(10-11-20(15)26)28-24-27-16(2)13-21(30-24)32-14-22-29-23(31-33-22)17-6-8-18(9-7-17)25(3,4)5/h6-13H,14H2,1-5H3,(H,27,28,30). The minimum absolute atomic E-state index is 0.0681. The SMILES string of the molecule is Cc1cc(OCc2nc(-c3ccc(C(C)(C)C)cc3)no2)nc(Nc2ccc(F)c(C)c2)n1. The van der Waals surface area contributed by atoms with Gasteiger partial charge in [0.25, 0.3) is 5.89 Å². The van der Waals surface area contributed by atoms with Crippen molar-refractivity contribution >= 4 is 11.6 Å². The monoisotopic (exact) mass is 447 g/mol. The summed E-state index contributed by atoms with van der Waals surface area (Å²) in [5.74, 6) is 1.28. The molecule has 170 valence electrons. The van der Waals surface area contributed by atoms with Crippen LogP contribution in [0.25, 0.3) is 11.4 Å². The van der Waals surface area contributed by atoms with Gasteiger partial charge in [0.05, 0.1) is 0 Å². The van der Waals surface area contributed by atoms with Crippen LogP contribution in [0.15, 0.2) is 53.1 Å². The first-order valence-electron chi connectivity index (χ1n) is 10.6. The Morgan fingerprint density at radius 2 is 1.73 bits per heavy atom. The Morgan fingerprint density at radius 1 is 0.970 bits per heavy atom. The van der Waals surface area contributed by atoms with E-state index in [1.165, 1.54) is 11.6 Å². The molecule has 0 amide bonds. The molecule has 0 aliphatic rings. The first-order chi connectivity index (χ1) is 15.7. The summed E-state index contributed by atoms with van der Waals surface area (Å²) >= 11 is 0. The third-order valence-corrected chi connectivity index (χ3v) is 5.07. The number of halogens is 1. The van der Waals surface area contributed by atoms with Gasteiger partial charge in [0.15, 0.2) is 6.61 Å². The second-order valence-corrected chi connectivity index (χ2v) is 8.89. The molecule has 0 bridgehead atoms. The molecule has 2 aromatic heterocycles. The van der Waals surface area contributed by atoms with Gasteiger partial charge >= 0.3 is 0 Å². The predicted molar refractivity (Wildman–Crippen MR) is 124 cm³/mol. The molecule has 2 heterocycles. The van der Waals surface area contributed by atoms with Crippen LogP contribution < -0.4 is 10.1 Å². The van der Waals surface area contributed by atoms with Gasteiger partial charge in [-0.15, -0.1) is 0 Å². The maximum Gasteiger partial charge on any atom is 0.264 e. The number of anilines is 2. The number of hydrogen-bond donors (Lipinski definition) is 1. The van der Waals surface area contributed by atoms with Gasteiger partial charge in [-0.25, -0.2) is 9.37 Å². The normalized spacial score (nSPS) is 11.5. The number of rotatable bonds is 6. The fourth-order valence-corrected chi connectivity index (χ4v) is 3.21. The largest absolute Gasteiger partial charge is 0.467 e. The zero-order valence-electron chi connectivity index (χ0n) is 19.3. The molecule has 0 saturated heterocycles. The molecule has 0 saturated carbocycles. The van der Waals surface area contributed by atoms with Crippen LogP contribution in [0.5, 0.6) is 5.88 Å². The summed E-state index contributed by atoms with van der Waals surface area (Å²) in [6.45, 7) is 10.1. The summed E-state index contributed by atoms with van der Waals surface area (Å²) in [6, 6.07) is 14.5. The Labute approximate surface area is 192 Å². The zero-order chi connectivity index (χ0) is 23.6. The van der Waals surface area contributed by atoms with E-state index in [0.717, 1.165) is 5.56 Å². The summed E-state index contributed by atoms with van der Waals surface area (Å²) < 4.78 is 24.6. The van der Waals surface area contributed by atoms with Crippen molar-refractivity contribution in [3.8, 4) is 17.3 Å². The van der Waals surface area contributed by atoms with Gasteiger partial charge < -0.3 is 14.6 Å². The van der Waals surface area contributed by atoms with Crippen molar-refractivity contribution in [2.75, 3.05) is 5.32 Å². The minimum atomic E-state index is -0.265. The zero-order valence-corrected chi connectivity index (χ0v) is 19.3. The molecule has 4 aromatic rings. The highest BCUT2D eigenvalue weighted by atomic mass is 19.1. The quantitative estimate of drug-likeness (QED) is 0.394. The van der Waals surface area contributed by atoms with Gasteiger partial charge in [-0.3, -0.25) is 0 Å². The van der Waals surface area contributed by atoms with Gasteiger partial charge in [0.1, 0.15) is 5.82 Å². The van der Waals surface area contributed by atoms with Crippen molar-refractivity contribution in [2.45, 2.75) is 46.6 Å². The fraction of sp³-hybridized carbons (Fsp3) is 0.280. The Balaban J connectivity index is 1.43. The van der Waals surface area contributed by atoms with Gasteiger partial charge in [-0.05, 0) is 48.6 Å². The average Bonchev–Trinajstić information content (AvgIpc) is 3.23. The Kier molecular flexibility index (Phi) is 6.09. The van der Waals surface area contributed by atoms with E-state index in [2.05, 4.69) is 58.3 Å². The summed E-state index contributed by atoms with van der Waals surface area (Å²) in [6.07, 6.45) is 0. The highest BCUT2D eigenvalue weighted by molar-refractivity contribution is 5.56. The third-order valence-electron chi connectivity index (χ3n) is 5.07. The molecule has 0 radical (unpaired) electrons. The van der Waals surface area contributed by atoms with Crippen LogP contribution in [-0.4, -0.2) is 20.1 Å². The molecule has 8 heteroatoms. The molecular formula is C25H26FN5O2. The highest BCUT2D eigenvalue weighted by Gasteiger charge is 2.15. The van der Waals surface area contributed by atoms with Crippen molar-refractivity contribution in [3.63, 3.8) is 0 Å². The summed E-state index contributed by atoms with van der Waals surface area (Å²) in [7, 11) is 0. The summed E-state index contributed by atoms with van der Waals surface area (Å²) in [5, 5.41) is 7.13. The first-order valence-corrected chi connectivity index (χ1v) is 10.6. The third kappa shape index (κ3) is 5.52. The van der Waals surface area contributed by atoms with Crippen molar-refractivity contribution in [3.05, 3.63) is 77.1 Å². The topological polar surface area (TPSA) is 86.0 Å². The van der Waals surface area contributed by atoms with Crippen LogP contribution in [0.3, 0.4) is 0 Å². The van der Waals surface area contributed by atoms with Crippen LogP contribution in [0, 0.1) is 19.7 Å². The average molecular weight is 448 g/mol. The van der Waals surface area contributed by atoms with E-state index in [1.54, 1.807) is 25.1 Å². The molecule has 33 heavy (non-hydrogen) atoms. The fourth-order valence-electron chi connectivity index (χ4n) is 3.21. The van der Waals surface area contributed by atoms with Crippen molar-refractivity contribution in [1.82, 2.24) is 20.1 Å². The van der Waals surface area contributed by atoms with E-state index in [4.69, 9.17) is 9.26 Å². The molecule has 0 atom stereocenters. The molecule has 0 aliphatic heterocycles. The molecule has 1 N–H and O–H groups in total. The molecule has 4 rings (SSSR count). The molecular weight excluding hydrogens is 421 g/mol. The molecule has 0 unspecified atom stereocenters. The van der Waals surface area contributed by atoms with Gasteiger partial charge in [0.2, 0.25) is 17.7 Å². The summed E-state index contributed by atoms with van der Waals surface area (Å²) in [4.78, 5) is 13.1. The second-order valence-electron chi connectivity index (χ2n) is 8.89. The Hall–Kier alpha value is -3.81. The number of benzene rings is 2. The lowest BCUT2D eigenvalue weighted by Crippen LogP contribution is -2.10. The number of hydrogen-bond acceptors (Lipinski definition) is 7. The van der Waals surface area contributed by atoms with Crippen LogP contribution >= 0.6 is 0 Å². The maximum atomic E-state index is 13.5. The lowest BCUT2D eigenvalue weighted by molar-refractivity contribution is 0.235. The lowest BCUT2D eigenvalue weighted by atomic mass is 9.87. The van der Waals surface area contributed by atoms with Gasteiger partial charge in [-0.1, -0.05) is 50.2 Å². The van der Waals surface area contributed by atoms with Crippen LogP contribution in [0.1, 0.15) is 43.5 Å². The smallest absolute Gasteiger partial charge is 0.264 e. The van der Waals surface area contributed by atoms with Crippen molar-refractivity contribution in [1.29, 1.82) is 0 Å². The van der Waals surface area contributed by atoms with Crippen LogP contribution in [0.4, 0.5) is 16.0 Å². The molecule has 2 aromatic carbocycles. The van der Waals surface area contributed by atoms with Crippen molar-refractivity contribution in [2.24, 2.45) is 0 Å².